The summed E-state index contributed by atoms with van der Waals surface area (Å²) in [7, 11) is 0. The molecule has 0 atom stereocenters. The molecule has 1 aromatic rings. The number of benzene rings is 1. The minimum absolute atomic E-state index is 0.486. The first kappa shape index (κ1) is 10.2. The van der Waals surface area contributed by atoms with Gasteiger partial charge in [0.2, 0.25) is 12.8 Å². The number of hydrogen-bond donors (Lipinski definition) is 2. The molecule has 0 saturated carbocycles. The van der Waals surface area contributed by atoms with Gasteiger partial charge < -0.3 is 10.6 Å². The number of carbonyl (C=O) groups is 2. The Morgan fingerprint density at radius 3 is 1.71 bits per heavy atom. The van der Waals surface area contributed by atoms with E-state index in [1.54, 1.807) is 0 Å². The molecule has 74 valence electrons. The van der Waals surface area contributed by atoms with Crippen LogP contribution < -0.4 is 10.6 Å². The highest BCUT2D eigenvalue weighted by Crippen LogP contribution is 2.07. The summed E-state index contributed by atoms with van der Waals surface area (Å²) in [5.74, 6) is 0. The second-order valence-corrected chi connectivity index (χ2v) is 2.77. The van der Waals surface area contributed by atoms with Crippen molar-refractivity contribution in [1.82, 2.24) is 10.6 Å². The SMILES string of the molecule is O=CNCc1ccccc1CNC=O. The average Bonchev–Trinajstić information content (AvgIpc) is 2.24. The van der Waals surface area contributed by atoms with Gasteiger partial charge in [0, 0.05) is 13.1 Å². The maximum atomic E-state index is 10.1. The normalized spacial score (nSPS) is 9.14. The third-order valence-corrected chi connectivity index (χ3v) is 1.87. The second-order valence-electron chi connectivity index (χ2n) is 2.77. The van der Waals surface area contributed by atoms with Gasteiger partial charge in [0.1, 0.15) is 0 Å². The van der Waals surface area contributed by atoms with Crippen LogP contribution in [0.5, 0.6) is 0 Å². The zero-order chi connectivity index (χ0) is 10.2. The van der Waals surface area contributed by atoms with Crippen LogP contribution in [-0.2, 0) is 22.7 Å². The first-order valence-corrected chi connectivity index (χ1v) is 4.29. The zero-order valence-corrected chi connectivity index (χ0v) is 7.69. The Morgan fingerprint density at radius 2 is 1.36 bits per heavy atom. The van der Waals surface area contributed by atoms with Gasteiger partial charge in [-0.05, 0) is 11.1 Å². The monoisotopic (exact) mass is 192 g/mol. The smallest absolute Gasteiger partial charge is 0.207 e. The molecule has 0 aliphatic heterocycles. The molecule has 0 aliphatic carbocycles. The Labute approximate surface area is 82.3 Å². The van der Waals surface area contributed by atoms with Gasteiger partial charge in [-0.3, -0.25) is 9.59 Å². The molecule has 0 fully saturated rings. The Bertz CT molecular complexity index is 282. The third-order valence-electron chi connectivity index (χ3n) is 1.87. The molecule has 0 heterocycles. The van der Waals surface area contributed by atoms with E-state index in [0.29, 0.717) is 25.9 Å². The molecular weight excluding hydrogens is 180 g/mol. The van der Waals surface area contributed by atoms with Crippen molar-refractivity contribution in [3.05, 3.63) is 35.4 Å². The van der Waals surface area contributed by atoms with Crippen molar-refractivity contribution in [1.29, 1.82) is 0 Å². The summed E-state index contributed by atoms with van der Waals surface area (Å²) in [4.78, 5) is 20.2. The highest BCUT2D eigenvalue weighted by atomic mass is 16.1. The molecule has 1 aromatic carbocycles. The lowest BCUT2D eigenvalue weighted by Crippen LogP contribution is -2.15. The summed E-state index contributed by atoms with van der Waals surface area (Å²) in [6.45, 7) is 0.973. The van der Waals surface area contributed by atoms with Crippen LogP contribution in [0.15, 0.2) is 24.3 Å². The van der Waals surface area contributed by atoms with Crippen molar-refractivity contribution in [2.45, 2.75) is 13.1 Å². The number of amides is 2. The fourth-order valence-electron chi connectivity index (χ4n) is 1.21. The summed E-state index contributed by atoms with van der Waals surface area (Å²) >= 11 is 0. The molecule has 0 spiro atoms. The van der Waals surface area contributed by atoms with Crippen molar-refractivity contribution in [3.8, 4) is 0 Å². The van der Waals surface area contributed by atoms with Gasteiger partial charge in [0.05, 0.1) is 0 Å². The Balaban J connectivity index is 2.68. The average molecular weight is 192 g/mol. The molecule has 0 bridgehead atoms. The number of rotatable bonds is 6. The molecule has 4 heteroatoms. The quantitative estimate of drug-likeness (QED) is 0.632. The van der Waals surface area contributed by atoms with Gasteiger partial charge in [-0.1, -0.05) is 24.3 Å². The van der Waals surface area contributed by atoms with Crippen molar-refractivity contribution in [2.24, 2.45) is 0 Å². The van der Waals surface area contributed by atoms with Crippen LogP contribution in [0, 0.1) is 0 Å². The van der Waals surface area contributed by atoms with Gasteiger partial charge in [-0.15, -0.1) is 0 Å². The van der Waals surface area contributed by atoms with E-state index >= 15 is 0 Å². The number of hydrogen-bond acceptors (Lipinski definition) is 2. The standard InChI is InChI=1S/C10H12N2O2/c13-7-11-5-9-3-1-2-4-10(9)6-12-8-14/h1-4,7-8H,5-6H2,(H,11,13)(H,12,14). The molecule has 0 radical (unpaired) electrons. The zero-order valence-electron chi connectivity index (χ0n) is 7.69. The molecule has 2 amide bonds. The van der Waals surface area contributed by atoms with Gasteiger partial charge >= 0.3 is 0 Å². The van der Waals surface area contributed by atoms with E-state index in [1.807, 2.05) is 24.3 Å². The molecule has 2 N–H and O–H groups in total. The fraction of sp³-hybridized carbons (Fsp3) is 0.200. The Hall–Kier alpha value is -1.84. The van der Waals surface area contributed by atoms with Gasteiger partial charge in [-0.2, -0.15) is 0 Å². The van der Waals surface area contributed by atoms with Crippen molar-refractivity contribution < 1.29 is 9.59 Å². The van der Waals surface area contributed by atoms with Crippen LogP contribution >= 0.6 is 0 Å². The van der Waals surface area contributed by atoms with E-state index in [9.17, 15) is 9.59 Å². The van der Waals surface area contributed by atoms with Crippen molar-refractivity contribution in [2.75, 3.05) is 0 Å². The molecule has 1 rings (SSSR count). The Morgan fingerprint density at radius 1 is 0.929 bits per heavy atom. The second kappa shape index (κ2) is 5.75. The summed E-state index contributed by atoms with van der Waals surface area (Å²) < 4.78 is 0. The van der Waals surface area contributed by atoms with E-state index in [2.05, 4.69) is 10.6 Å². The van der Waals surface area contributed by atoms with E-state index in [0.717, 1.165) is 11.1 Å². The molecule has 0 saturated heterocycles. The van der Waals surface area contributed by atoms with Crippen molar-refractivity contribution in [3.63, 3.8) is 0 Å². The minimum Gasteiger partial charge on any atom is -0.355 e. The van der Waals surface area contributed by atoms with Crippen LogP contribution in [-0.4, -0.2) is 12.8 Å². The molecule has 14 heavy (non-hydrogen) atoms. The number of carbonyl (C=O) groups excluding carboxylic acids is 2. The summed E-state index contributed by atoms with van der Waals surface area (Å²) in [6, 6.07) is 7.62. The van der Waals surface area contributed by atoms with Crippen LogP contribution in [0.3, 0.4) is 0 Å². The maximum Gasteiger partial charge on any atom is 0.207 e. The molecular formula is C10H12N2O2. The largest absolute Gasteiger partial charge is 0.355 e. The summed E-state index contributed by atoms with van der Waals surface area (Å²) in [5.41, 5.74) is 2.02. The molecule has 0 aliphatic rings. The first-order valence-electron chi connectivity index (χ1n) is 4.29. The topological polar surface area (TPSA) is 58.2 Å². The van der Waals surface area contributed by atoms with E-state index in [4.69, 9.17) is 0 Å². The predicted molar refractivity (Wildman–Crippen MR) is 52.2 cm³/mol. The van der Waals surface area contributed by atoms with Gasteiger partial charge in [0.25, 0.3) is 0 Å². The van der Waals surface area contributed by atoms with Gasteiger partial charge in [-0.25, -0.2) is 0 Å². The maximum absolute atomic E-state index is 10.1. The van der Waals surface area contributed by atoms with Crippen LogP contribution in [0.1, 0.15) is 11.1 Å². The lowest BCUT2D eigenvalue weighted by Gasteiger charge is -2.07. The minimum atomic E-state index is 0.486. The highest BCUT2D eigenvalue weighted by molar-refractivity contribution is 5.48. The summed E-state index contributed by atoms with van der Waals surface area (Å²) in [5, 5.41) is 5.17. The molecule has 0 unspecified atom stereocenters. The Kier molecular flexibility index (Phi) is 4.20. The van der Waals surface area contributed by atoms with Crippen molar-refractivity contribution >= 4 is 12.8 Å². The van der Waals surface area contributed by atoms with Crippen LogP contribution in [0.2, 0.25) is 0 Å². The molecule has 4 nitrogen and oxygen atoms in total. The summed E-state index contributed by atoms with van der Waals surface area (Å²) in [6.07, 6.45) is 1.31. The number of nitrogens with one attached hydrogen (secondary N) is 2. The van der Waals surface area contributed by atoms with Gasteiger partial charge in [0.15, 0.2) is 0 Å². The third kappa shape index (κ3) is 2.90. The van der Waals surface area contributed by atoms with Crippen LogP contribution in [0.4, 0.5) is 0 Å². The lowest BCUT2D eigenvalue weighted by atomic mass is 10.1. The van der Waals surface area contributed by atoms with Crippen LogP contribution in [0.25, 0.3) is 0 Å². The van der Waals surface area contributed by atoms with E-state index in [-0.39, 0.29) is 0 Å². The first-order chi connectivity index (χ1) is 6.88. The molecule has 0 aromatic heterocycles. The lowest BCUT2D eigenvalue weighted by molar-refractivity contribution is -0.110. The van der Waals surface area contributed by atoms with E-state index in [1.165, 1.54) is 0 Å². The highest BCUT2D eigenvalue weighted by Gasteiger charge is 1.99. The fourth-order valence-corrected chi connectivity index (χ4v) is 1.21. The van der Waals surface area contributed by atoms with E-state index < -0.39 is 0 Å². The predicted octanol–water partition coefficient (Wildman–Crippen LogP) is 0.179.